The van der Waals surface area contributed by atoms with Gasteiger partial charge in [0.05, 0.1) is 6.10 Å². The van der Waals surface area contributed by atoms with Gasteiger partial charge in [-0.05, 0) is 60.3 Å². The van der Waals surface area contributed by atoms with E-state index in [1.165, 1.54) is 0 Å². The van der Waals surface area contributed by atoms with Gasteiger partial charge in [-0.25, -0.2) is 4.39 Å². The molecule has 1 aromatic rings. The summed E-state index contributed by atoms with van der Waals surface area (Å²) in [5, 5.41) is 20.0. The van der Waals surface area contributed by atoms with E-state index in [0.29, 0.717) is 12.8 Å². The zero-order valence-corrected chi connectivity index (χ0v) is 13.6. The number of hydrogen-bond donors (Lipinski definition) is 2. The van der Waals surface area contributed by atoms with E-state index >= 15 is 4.39 Å². The molecule has 23 heavy (non-hydrogen) atoms. The van der Waals surface area contributed by atoms with E-state index in [1.807, 2.05) is 12.1 Å². The Morgan fingerprint density at radius 1 is 1.35 bits per heavy atom. The maximum Gasteiger partial charge on any atom is 0.115 e. The first kappa shape index (κ1) is 15.2. The van der Waals surface area contributed by atoms with Gasteiger partial charge >= 0.3 is 0 Å². The molecule has 1 aromatic carbocycles. The van der Waals surface area contributed by atoms with E-state index in [0.717, 1.165) is 30.4 Å². The van der Waals surface area contributed by atoms with Gasteiger partial charge in [0.25, 0.3) is 0 Å². The molecule has 4 rings (SSSR count). The van der Waals surface area contributed by atoms with Crippen molar-refractivity contribution in [2.45, 2.75) is 56.7 Å². The van der Waals surface area contributed by atoms with Crippen LogP contribution in [0, 0.1) is 17.3 Å². The number of aliphatic hydroxyl groups is 1. The number of rotatable bonds is 1. The maximum atomic E-state index is 15.3. The summed E-state index contributed by atoms with van der Waals surface area (Å²) in [5.41, 5.74) is 1.72. The maximum absolute atomic E-state index is 15.3. The SMILES string of the molecule is C=C[C@]12CC[C@]3(C)C[C@H](O)C[C@H]3[C@@H]1[C@@H](F)Cc1cc(O)ccc12. The number of benzene rings is 1. The standard InChI is InChI=1S/C20H25FO2/c1-3-20-7-6-19(2)11-14(23)10-16(19)18(20)17(21)9-12-8-13(22)4-5-15(12)20/h3-5,8,14,16-18,22-23H,1,6-7,9-11H2,2H3/t14-,16+,17+,18-,19-,20-/m1/s1. The Morgan fingerprint density at radius 3 is 2.87 bits per heavy atom. The number of aliphatic hydroxyl groups excluding tert-OH is 1. The summed E-state index contributed by atoms with van der Waals surface area (Å²) >= 11 is 0. The molecular formula is C20H25FO2. The zero-order valence-electron chi connectivity index (χ0n) is 13.6. The van der Waals surface area contributed by atoms with Crippen molar-refractivity contribution in [3.63, 3.8) is 0 Å². The van der Waals surface area contributed by atoms with Crippen molar-refractivity contribution in [2.75, 3.05) is 0 Å². The van der Waals surface area contributed by atoms with Gasteiger partial charge in [0.15, 0.2) is 0 Å². The molecule has 0 aliphatic heterocycles. The topological polar surface area (TPSA) is 40.5 Å². The average Bonchev–Trinajstić information content (AvgIpc) is 2.80. The lowest BCUT2D eigenvalue weighted by Gasteiger charge is -2.56. The summed E-state index contributed by atoms with van der Waals surface area (Å²) < 4.78 is 15.3. The molecule has 3 heteroatoms. The minimum Gasteiger partial charge on any atom is -0.508 e. The molecule has 0 bridgehead atoms. The molecule has 0 saturated heterocycles. The largest absolute Gasteiger partial charge is 0.508 e. The average molecular weight is 316 g/mol. The van der Waals surface area contributed by atoms with Crippen LogP contribution in [0.1, 0.15) is 43.7 Å². The highest BCUT2D eigenvalue weighted by Gasteiger charge is 2.60. The van der Waals surface area contributed by atoms with Crippen LogP contribution in [-0.4, -0.2) is 22.5 Å². The minimum absolute atomic E-state index is 0.0371. The molecule has 0 aromatic heterocycles. The molecule has 0 radical (unpaired) electrons. The van der Waals surface area contributed by atoms with Crippen molar-refractivity contribution in [3.05, 3.63) is 42.0 Å². The van der Waals surface area contributed by atoms with Crippen LogP contribution < -0.4 is 0 Å². The smallest absolute Gasteiger partial charge is 0.115 e. The molecule has 2 nitrogen and oxygen atoms in total. The van der Waals surface area contributed by atoms with E-state index < -0.39 is 6.17 Å². The Hall–Kier alpha value is -1.35. The van der Waals surface area contributed by atoms with Crippen molar-refractivity contribution in [2.24, 2.45) is 17.3 Å². The third kappa shape index (κ3) is 1.95. The number of alkyl halides is 1. The lowest BCUT2D eigenvalue weighted by molar-refractivity contribution is -0.0176. The molecule has 2 fully saturated rings. The van der Waals surface area contributed by atoms with Crippen molar-refractivity contribution in [1.29, 1.82) is 0 Å². The van der Waals surface area contributed by atoms with Gasteiger partial charge in [0.2, 0.25) is 0 Å². The Morgan fingerprint density at radius 2 is 2.13 bits per heavy atom. The molecule has 6 atom stereocenters. The van der Waals surface area contributed by atoms with Gasteiger partial charge in [-0.2, -0.15) is 0 Å². The summed E-state index contributed by atoms with van der Waals surface area (Å²) in [6.07, 6.45) is 4.40. The van der Waals surface area contributed by atoms with Crippen LogP contribution in [0.15, 0.2) is 30.9 Å². The Balaban J connectivity index is 1.87. The van der Waals surface area contributed by atoms with Crippen molar-refractivity contribution >= 4 is 0 Å². The van der Waals surface area contributed by atoms with Crippen LogP contribution in [0.4, 0.5) is 4.39 Å². The quantitative estimate of drug-likeness (QED) is 0.772. The summed E-state index contributed by atoms with van der Waals surface area (Å²) in [4.78, 5) is 0. The van der Waals surface area contributed by atoms with E-state index in [2.05, 4.69) is 13.5 Å². The molecule has 124 valence electrons. The number of hydrogen-bond acceptors (Lipinski definition) is 2. The Kier molecular flexibility index (Phi) is 3.19. The number of allylic oxidation sites excluding steroid dienone is 1. The minimum atomic E-state index is -0.947. The highest BCUT2D eigenvalue weighted by Crippen LogP contribution is 2.64. The van der Waals surface area contributed by atoms with Gasteiger partial charge in [-0.3, -0.25) is 0 Å². The molecular weight excluding hydrogens is 291 g/mol. The highest BCUT2D eigenvalue weighted by molar-refractivity contribution is 5.47. The number of phenolic OH excluding ortho intramolecular Hbond substituents is 1. The first-order valence-corrected chi connectivity index (χ1v) is 8.68. The molecule has 3 aliphatic rings. The van der Waals surface area contributed by atoms with Gasteiger partial charge in [0, 0.05) is 17.8 Å². The summed E-state index contributed by atoms with van der Waals surface area (Å²) in [6, 6.07) is 5.37. The van der Waals surface area contributed by atoms with E-state index in [-0.39, 0.29) is 34.5 Å². The molecule has 0 unspecified atom stereocenters. The van der Waals surface area contributed by atoms with Gasteiger partial charge in [-0.15, -0.1) is 6.58 Å². The Bertz CT molecular complexity index is 657. The normalized spacial score (nSPS) is 45.0. The fourth-order valence-electron chi connectivity index (χ4n) is 6.01. The molecule has 0 amide bonds. The molecule has 0 heterocycles. The number of phenols is 1. The Labute approximate surface area is 137 Å². The van der Waals surface area contributed by atoms with Crippen LogP contribution in [0.5, 0.6) is 5.75 Å². The first-order valence-electron chi connectivity index (χ1n) is 8.68. The highest BCUT2D eigenvalue weighted by atomic mass is 19.1. The van der Waals surface area contributed by atoms with Crippen molar-refractivity contribution < 1.29 is 14.6 Å². The van der Waals surface area contributed by atoms with Crippen molar-refractivity contribution in [1.82, 2.24) is 0 Å². The lowest BCUT2D eigenvalue weighted by atomic mass is 9.48. The third-order valence-electron chi connectivity index (χ3n) is 7.02. The zero-order chi connectivity index (χ0) is 16.4. The van der Waals surface area contributed by atoms with E-state index in [4.69, 9.17) is 0 Å². The molecule has 2 N–H and O–H groups in total. The second kappa shape index (κ2) is 4.83. The molecule has 0 spiro atoms. The number of aromatic hydroxyl groups is 1. The van der Waals surface area contributed by atoms with Crippen LogP contribution in [0.3, 0.4) is 0 Å². The second-order valence-electron chi connectivity index (χ2n) is 8.19. The monoisotopic (exact) mass is 316 g/mol. The van der Waals surface area contributed by atoms with Crippen LogP contribution in [-0.2, 0) is 11.8 Å². The summed E-state index contributed by atoms with van der Waals surface area (Å²) in [7, 11) is 0. The van der Waals surface area contributed by atoms with Crippen molar-refractivity contribution in [3.8, 4) is 5.75 Å². The first-order chi connectivity index (χ1) is 10.9. The van der Waals surface area contributed by atoms with Gasteiger partial charge in [-0.1, -0.05) is 19.1 Å². The second-order valence-corrected chi connectivity index (χ2v) is 8.19. The third-order valence-corrected chi connectivity index (χ3v) is 7.02. The summed E-state index contributed by atoms with van der Waals surface area (Å²) in [5.74, 6) is 0.277. The van der Waals surface area contributed by atoms with Gasteiger partial charge in [0.1, 0.15) is 11.9 Å². The van der Waals surface area contributed by atoms with Crippen LogP contribution >= 0.6 is 0 Å². The predicted octanol–water partition coefficient (Wildman–Crippen LogP) is 3.90. The number of fused-ring (bicyclic) bond motifs is 5. The van der Waals surface area contributed by atoms with Crippen LogP contribution in [0.25, 0.3) is 0 Å². The van der Waals surface area contributed by atoms with Crippen LogP contribution in [0.2, 0.25) is 0 Å². The fourth-order valence-corrected chi connectivity index (χ4v) is 6.01. The summed E-state index contributed by atoms with van der Waals surface area (Å²) in [6.45, 7) is 6.30. The fraction of sp³-hybridized carbons (Fsp3) is 0.600. The number of halogens is 1. The van der Waals surface area contributed by atoms with Gasteiger partial charge < -0.3 is 10.2 Å². The van der Waals surface area contributed by atoms with E-state index in [1.54, 1.807) is 12.1 Å². The molecule has 2 saturated carbocycles. The molecule has 3 aliphatic carbocycles. The predicted molar refractivity (Wildman–Crippen MR) is 88.1 cm³/mol. The van der Waals surface area contributed by atoms with E-state index in [9.17, 15) is 10.2 Å². The lowest BCUT2D eigenvalue weighted by Crippen LogP contribution is -2.54.